The van der Waals surface area contributed by atoms with Crippen LogP contribution in [0.15, 0.2) is 47.5 Å². The van der Waals surface area contributed by atoms with Crippen LogP contribution in [0.1, 0.15) is 16.7 Å². The highest BCUT2D eigenvalue weighted by Gasteiger charge is 2.46. The van der Waals surface area contributed by atoms with E-state index in [2.05, 4.69) is 4.99 Å². The first-order valence-corrected chi connectivity index (χ1v) is 7.36. The number of alkyl halides is 3. The summed E-state index contributed by atoms with van der Waals surface area (Å²) in [7, 11) is 0. The van der Waals surface area contributed by atoms with E-state index < -0.39 is 30.2 Å². The molecule has 0 fully saturated rings. The number of carbonyl (C=O) groups is 1. The van der Waals surface area contributed by atoms with Gasteiger partial charge >= 0.3 is 6.18 Å². The molecule has 0 aliphatic carbocycles. The van der Waals surface area contributed by atoms with Gasteiger partial charge < -0.3 is 0 Å². The summed E-state index contributed by atoms with van der Waals surface area (Å²) in [5.74, 6) is -1.81. The van der Waals surface area contributed by atoms with Gasteiger partial charge in [0, 0.05) is 22.6 Å². The fourth-order valence-corrected chi connectivity index (χ4v) is 2.77. The number of Topliss-reactive ketones (excluding diaryl/α,β-unsaturated/α-hetero) is 1. The van der Waals surface area contributed by atoms with Gasteiger partial charge in [0.25, 0.3) is 0 Å². The third-order valence-corrected chi connectivity index (χ3v) is 3.93. The molecule has 0 N–H and O–H groups in total. The number of rotatable bonds is 1. The Kier molecular flexibility index (Phi) is 4.17. The predicted octanol–water partition coefficient (Wildman–Crippen LogP) is 4.37. The number of nitrogens with zero attached hydrogens (tertiary/aromatic N) is 1. The quantitative estimate of drug-likeness (QED) is 0.698. The molecule has 1 unspecified atom stereocenters. The largest absolute Gasteiger partial charge is 0.417 e. The lowest BCUT2D eigenvalue weighted by Gasteiger charge is -2.15. The normalized spacial score (nSPS) is 18.0. The fourth-order valence-electron chi connectivity index (χ4n) is 2.60. The van der Waals surface area contributed by atoms with Crippen molar-refractivity contribution in [1.29, 1.82) is 0 Å². The molecule has 0 spiro atoms. The van der Waals surface area contributed by atoms with Crippen LogP contribution in [0, 0.1) is 5.82 Å². The summed E-state index contributed by atoms with van der Waals surface area (Å²) in [4.78, 5) is 15.6. The Morgan fingerprint density at radius 2 is 1.79 bits per heavy atom. The van der Waals surface area contributed by atoms with E-state index in [1.165, 1.54) is 36.4 Å². The van der Waals surface area contributed by atoms with Crippen molar-refractivity contribution in [1.82, 2.24) is 0 Å². The summed E-state index contributed by atoms with van der Waals surface area (Å²) in [6, 6.07) is 7.15. The summed E-state index contributed by atoms with van der Waals surface area (Å²) in [5, 5.41) is 0.260. The molecule has 0 radical (unpaired) electrons. The van der Waals surface area contributed by atoms with E-state index in [4.69, 9.17) is 11.6 Å². The molecule has 0 amide bonds. The Balaban J connectivity index is 2.29. The van der Waals surface area contributed by atoms with Crippen LogP contribution in [0.3, 0.4) is 0 Å². The molecule has 0 saturated carbocycles. The van der Waals surface area contributed by atoms with E-state index in [-0.39, 0.29) is 21.9 Å². The zero-order valence-corrected chi connectivity index (χ0v) is 12.8. The molecule has 1 aliphatic heterocycles. The molecule has 0 bridgehead atoms. The molecule has 24 heavy (non-hydrogen) atoms. The van der Waals surface area contributed by atoms with Crippen molar-refractivity contribution in [3.8, 4) is 0 Å². The number of halogens is 5. The van der Waals surface area contributed by atoms with Gasteiger partial charge in [-0.05, 0) is 29.8 Å². The van der Waals surface area contributed by atoms with Crippen LogP contribution in [0.5, 0.6) is 0 Å². The standard InChI is InChI=1S/C17H10ClF4NO/c18-10-6-5-9-7-14(24)16(17(20,21)22)23-15(12(9)8-10)11-3-1-2-4-13(11)19/h1-6,8,16H,7H2. The molecule has 1 heterocycles. The van der Waals surface area contributed by atoms with Crippen LogP contribution in [-0.4, -0.2) is 23.7 Å². The molecule has 2 aromatic rings. The highest BCUT2D eigenvalue weighted by Crippen LogP contribution is 2.31. The van der Waals surface area contributed by atoms with Crippen molar-refractivity contribution in [3.05, 3.63) is 70.0 Å². The lowest BCUT2D eigenvalue weighted by Crippen LogP contribution is -2.36. The van der Waals surface area contributed by atoms with Gasteiger partial charge in [0.15, 0.2) is 5.78 Å². The topological polar surface area (TPSA) is 29.4 Å². The van der Waals surface area contributed by atoms with Gasteiger partial charge in [-0.15, -0.1) is 0 Å². The van der Waals surface area contributed by atoms with Gasteiger partial charge in [-0.2, -0.15) is 13.2 Å². The summed E-state index contributed by atoms with van der Waals surface area (Å²) in [5.41, 5.74) is 0.231. The Hall–Kier alpha value is -2.21. The zero-order chi connectivity index (χ0) is 17.5. The van der Waals surface area contributed by atoms with Crippen molar-refractivity contribution in [2.45, 2.75) is 18.6 Å². The van der Waals surface area contributed by atoms with Gasteiger partial charge in [-0.3, -0.25) is 9.79 Å². The second kappa shape index (κ2) is 6.02. The molecular formula is C17H10ClF4NO. The lowest BCUT2D eigenvalue weighted by molar-refractivity contribution is -0.160. The number of aliphatic imine (C=N–C) groups is 1. The number of hydrogen-bond donors (Lipinski definition) is 0. The van der Waals surface area contributed by atoms with E-state index in [1.54, 1.807) is 0 Å². The van der Waals surface area contributed by atoms with E-state index in [0.717, 1.165) is 6.07 Å². The van der Waals surface area contributed by atoms with Gasteiger partial charge in [-0.1, -0.05) is 29.8 Å². The monoisotopic (exact) mass is 355 g/mol. The molecule has 1 atom stereocenters. The first-order valence-electron chi connectivity index (χ1n) is 6.98. The van der Waals surface area contributed by atoms with Gasteiger partial charge in [0.2, 0.25) is 6.04 Å². The summed E-state index contributed by atoms with van der Waals surface area (Å²) in [6.07, 6.45) is -5.29. The molecule has 2 aromatic carbocycles. The molecule has 7 heteroatoms. The van der Waals surface area contributed by atoms with Crippen LogP contribution in [0.4, 0.5) is 17.6 Å². The highest BCUT2D eigenvalue weighted by molar-refractivity contribution is 6.31. The second-order valence-electron chi connectivity index (χ2n) is 5.35. The number of fused-ring (bicyclic) bond motifs is 1. The molecule has 2 nitrogen and oxygen atoms in total. The molecule has 0 aromatic heterocycles. The van der Waals surface area contributed by atoms with E-state index >= 15 is 0 Å². The maximum Gasteiger partial charge on any atom is 0.417 e. The van der Waals surface area contributed by atoms with E-state index in [1.807, 2.05) is 0 Å². The third kappa shape index (κ3) is 3.06. The molecular weight excluding hydrogens is 346 g/mol. The minimum Gasteiger partial charge on any atom is -0.297 e. The Morgan fingerprint density at radius 1 is 1.08 bits per heavy atom. The van der Waals surface area contributed by atoms with E-state index in [0.29, 0.717) is 5.56 Å². The molecule has 1 aliphatic rings. The van der Waals surface area contributed by atoms with Crippen molar-refractivity contribution >= 4 is 23.1 Å². The fraction of sp³-hybridized carbons (Fsp3) is 0.176. The van der Waals surface area contributed by atoms with Crippen molar-refractivity contribution in [3.63, 3.8) is 0 Å². The zero-order valence-electron chi connectivity index (χ0n) is 12.1. The third-order valence-electron chi connectivity index (χ3n) is 3.69. The van der Waals surface area contributed by atoms with Crippen LogP contribution in [-0.2, 0) is 11.2 Å². The summed E-state index contributed by atoms with van der Waals surface area (Å²) < 4.78 is 53.8. The Bertz CT molecular complexity index is 845. The second-order valence-corrected chi connectivity index (χ2v) is 5.78. The number of hydrogen-bond acceptors (Lipinski definition) is 2. The van der Waals surface area contributed by atoms with E-state index in [9.17, 15) is 22.4 Å². The number of ketones is 1. The van der Waals surface area contributed by atoms with Crippen molar-refractivity contribution in [2.24, 2.45) is 4.99 Å². The minimum absolute atomic E-state index is 0.107. The van der Waals surface area contributed by atoms with Crippen LogP contribution >= 0.6 is 11.6 Å². The predicted molar refractivity (Wildman–Crippen MR) is 82.0 cm³/mol. The number of benzene rings is 2. The van der Waals surface area contributed by atoms with Crippen molar-refractivity contribution in [2.75, 3.05) is 0 Å². The maximum absolute atomic E-state index is 14.1. The average molecular weight is 356 g/mol. The van der Waals surface area contributed by atoms with Gasteiger partial charge in [-0.25, -0.2) is 4.39 Å². The average Bonchev–Trinajstić information content (AvgIpc) is 2.64. The highest BCUT2D eigenvalue weighted by atomic mass is 35.5. The Labute approximate surface area is 139 Å². The minimum atomic E-state index is -4.85. The first kappa shape index (κ1) is 16.6. The van der Waals surface area contributed by atoms with Gasteiger partial charge in [0.1, 0.15) is 5.82 Å². The molecule has 124 valence electrons. The van der Waals surface area contributed by atoms with Crippen molar-refractivity contribution < 1.29 is 22.4 Å². The maximum atomic E-state index is 14.1. The summed E-state index contributed by atoms with van der Waals surface area (Å²) >= 11 is 5.93. The smallest absolute Gasteiger partial charge is 0.297 e. The first-order chi connectivity index (χ1) is 11.3. The van der Waals surface area contributed by atoms with Crippen LogP contribution in [0.25, 0.3) is 0 Å². The van der Waals surface area contributed by atoms with Gasteiger partial charge in [0.05, 0.1) is 5.71 Å². The van der Waals surface area contributed by atoms with Crippen LogP contribution in [0.2, 0.25) is 5.02 Å². The molecule has 0 saturated heterocycles. The SMILES string of the molecule is O=C1Cc2ccc(Cl)cc2C(c2ccccc2F)=NC1C(F)(F)F. The molecule has 3 rings (SSSR count). The summed E-state index contributed by atoms with van der Waals surface area (Å²) in [6.45, 7) is 0. The Morgan fingerprint density at radius 3 is 2.46 bits per heavy atom. The number of carbonyl (C=O) groups excluding carboxylic acids is 1. The van der Waals surface area contributed by atoms with Crippen LogP contribution < -0.4 is 0 Å². The lowest BCUT2D eigenvalue weighted by atomic mass is 9.95.